The lowest BCUT2D eigenvalue weighted by atomic mass is 9.92. The first kappa shape index (κ1) is 15.8. The highest BCUT2D eigenvalue weighted by Gasteiger charge is 2.15. The van der Waals surface area contributed by atoms with Crippen LogP contribution >= 0.6 is 0 Å². The number of fused-ring (bicyclic) bond motifs is 4. The molecular weight excluding hydrogens is 280 g/mol. The van der Waals surface area contributed by atoms with E-state index in [0.29, 0.717) is 13.2 Å². The Labute approximate surface area is 138 Å². The Morgan fingerprint density at radius 2 is 1.30 bits per heavy atom. The molecule has 0 spiro atoms. The predicted octanol–water partition coefficient (Wildman–Crippen LogP) is 6.18. The minimum atomic E-state index is 0.687. The van der Waals surface area contributed by atoms with Gasteiger partial charge >= 0.3 is 0 Å². The third-order valence-corrected chi connectivity index (χ3v) is 4.28. The average molecular weight is 304 g/mol. The van der Waals surface area contributed by atoms with E-state index in [1.165, 1.54) is 44.2 Å². The summed E-state index contributed by atoms with van der Waals surface area (Å²) in [5.41, 5.74) is 7.80. The van der Waals surface area contributed by atoms with Crippen LogP contribution in [0.3, 0.4) is 0 Å². The van der Waals surface area contributed by atoms with Crippen LogP contribution in [0.25, 0.3) is 21.9 Å². The largest absolute Gasteiger partial charge is 0.372 e. The second-order valence-electron chi connectivity index (χ2n) is 6.01. The van der Waals surface area contributed by atoms with Crippen LogP contribution in [0.1, 0.15) is 36.1 Å². The molecule has 0 amide bonds. The molecule has 1 aliphatic rings. The Hall–Kier alpha value is -2.12. The van der Waals surface area contributed by atoms with E-state index in [-0.39, 0.29) is 0 Å². The van der Waals surface area contributed by atoms with Gasteiger partial charge < -0.3 is 4.74 Å². The summed E-state index contributed by atoms with van der Waals surface area (Å²) in [6, 6.07) is 17.9. The van der Waals surface area contributed by atoms with E-state index in [9.17, 15) is 0 Å². The van der Waals surface area contributed by atoms with Crippen molar-refractivity contribution in [3.05, 3.63) is 70.8 Å². The van der Waals surface area contributed by atoms with E-state index in [4.69, 9.17) is 4.74 Å². The number of benzene rings is 3. The maximum absolute atomic E-state index is 5.88. The molecule has 0 aromatic heterocycles. The smallest absolute Gasteiger partial charge is 0.0727 e. The lowest BCUT2D eigenvalue weighted by Gasteiger charge is -2.11. The molecule has 1 aliphatic heterocycles. The molecule has 0 fully saturated rings. The Morgan fingerprint density at radius 3 is 2.09 bits per heavy atom. The van der Waals surface area contributed by atoms with E-state index in [0.717, 1.165) is 0 Å². The van der Waals surface area contributed by atoms with Crippen molar-refractivity contribution in [2.24, 2.45) is 0 Å². The van der Waals surface area contributed by atoms with Crippen molar-refractivity contribution < 1.29 is 4.74 Å². The van der Waals surface area contributed by atoms with Crippen LogP contribution in [0.5, 0.6) is 0 Å². The highest BCUT2D eigenvalue weighted by Crippen LogP contribution is 2.35. The Morgan fingerprint density at radius 1 is 0.652 bits per heavy atom. The summed E-state index contributed by atoms with van der Waals surface area (Å²) in [7, 11) is 0. The van der Waals surface area contributed by atoms with Crippen molar-refractivity contribution in [2.45, 2.75) is 40.9 Å². The van der Waals surface area contributed by atoms with Crippen LogP contribution in [0, 0.1) is 13.8 Å². The number of hydrogen-bond acceptors (Lipinski definition) is 1. The third kappa shape index (κ3) is 3.02. The quantitative estimate of drug-likeness (QED) is 0.482. The molecule has 3 aromatic carbocycles. The Kier molecular flexibility index (Phi) is 4.49. The first-order valence-electron chi connectivity index (χ1n) is 8.42. The van der Waals surface area contributed by atoms with E-state index >= 15 is 0 Å². The van der Waals surface area contributed by atoms with Crippen molar-refractivity contribution in [3.8, 4) is 11.1 Å². The van der Waals surface area contributed by atoms with Crippen LogP contribution in [0.4, 0.5) is 0 Å². The van der Waals surface area contributed by atoms with E-state index < -0.39 is 0 Å². The van der Waals surface area contributed by atoms with Gasteiger partial charge in [-0.1, -0.05) is 61.4 Å². The molecule has 1 nitrogen and oxygen atoms in total. The Balaban J connectivity index is 0.000000753. The van der Waals surface area contributed by atoms with Crippen molar-refractivity contribution in [1.82, 2.24) is 0 Å². The molecule has 1 heterocycles. The topological polar surface area (TPSA) is 9.23 Å². The molecule has 0 radical (unpaired) electrons. The summed E-state index contributed by atoms with van der Waals surface area (Å²) in [6.07, 6.45) is 0. The van der Waals surface area contributed by atoms with Gasteiger partial charge in [-0.15, -0.1) is 0 Å². The van der Waals surface area contributed by atoms with Gasteiger partial charge in [-0.25, -0.2) is 0 Å². The molecule has 0 bridgehead atoms. The minimum absolute atomic E-state index is 0.687. The highest BCUT2D eigenvalue weighted by molar-refractivity contribution is 5.90. The van der Waals surface area contributed by atoms with Gasteiger partial charge in [0, 0.05) is 0 Å². The van der Waals surface area contributed by atoms with Crippen molar-refractivity contribution in [2.75, 3.05) is 0 Å². The molecule has 0 unspecified atom stereocenters. The van der Waals surface area contributed by atoms with Crippen LogP contribution in [0.2, 0.25) is 0 Å². The molecule has 0 N–H and O–H groups in total. The lowest BCUT2D eigenvalue weighted by molar-refractivity contribution is 0.110. The van der Waals surface area contributed by atoms with Gasteiger partial charge in [0.25, 0.3) is 0 Å². The summed E-state index contributed by atoms with van der Waals surface area (Å²) in [5, 5.41) is 2.60. The standard InChI is InChI=1S/C20H18O.C2H6/c1-13-3-5-15-10-20-18(9-16(15)7-13)12-21-11-17-8-14(2)4-6-19(17)20;1-2/h3-10H,11-12H2,1-2H3;1-2H3. The fourth-order valence-electron chi connectivity index (χ4n) is 3.21. The van der Waals surface area contributed by atoms with Gasteiger partial charge in [0.2, 0.25) is 0 Å². The van der Waals surface area contributed by atoms with Crippen LogP contribution in [-0.2, 0) is 18.0 Å². The summed E-state index contributed by atoms with van der Waals surface area (Å²) in [6.45, 7) is 9.66. The zero-order valence-electron chi connectivity index (χ0n) is 14.4. The second kappa shape index (κ2) is 6.55. The SMILES string of the molecule is CC.Cc1ccc2c(c1)COCc1cc3cc(C)ccc3cc1-2. The van der Waals surface area contributed by atoms with E-state index in [2.05, 4.69) is 62.4 Å². The van der Waals surface area contributed by atoms with Gasteiger partial charge in [0.15, 0.2) is 0 Å². The number of rotatable bonds is 0. The molecule has 1 heteroatoms. The summed E-state index contributed by atoms with van der Waals surface area (Å²) in [5.74, 6) is 0. The summed E-state index contributed by atoms with van der Waals surface area (Å²) >= 11 is 0. The molecule has 0 atom stereocenters. The maximum atomic E-state index is 5.88. The minimum Gasteiger partial charge on any atom is -0.372 e. The number of hydrogen-bond donors (Lipinski definition) is 0. The second-order valence-corrected chi connectivity index (χ2v) is 6.01. The molecule has 118 valence electrons. The van der Waals surface area contributed by atoms with Crippen molar-refractivity contribution >= 4 is 10.8 Å². The third-order valence-electron chi connectivity index (χ3n) is 4.28. The monoisotopic (exact) mass is 304 g/mol. The molecule has 0 saturated carbocycles. The van der Waals surface area contributed by atoms with Crippen molar-refractivity contribution in [1.29, 1.82) is 0 Å². The number of ether oxygens (including phenoxy) is 1. The first-order chi connectivity index (χ1) is 11.2. The summed E-state index contributed by atoms with van der Waals surface area (Å²) in [4.78, 5) is 0. The predicted molar refractivity (Wildman–Crippen MR) is 98.7 cm³/mol. The highest BCUT2D eigenvalue weighted by atomic mass is 16.5. The van der Waals surface area contributed by atoms with Gasteiger partial charge in [0.05, 0.1) is 13.2 Å². The zero-order valence-corrected chi connectivity index (χ0v) is 14.4. The molecule has 23 heavy (non-hydrogen) atoms. The van der Waals surface area contributed by atoms with Crippen LogP contribution in [-0.4, -0.2) is 0 Å². The molecule has 0 saturated heterocycles. The van der Waals surface area contributed by atoms with Crippen LogP contribution in [0.15, 0.2) is 48.5 Å². The molecule has 4 rings (SSSR count). The Bertz CT molecular complexity index is 846. The molecule has 3 aromatic rings. The molecular formula is C22H24O. The fourth-order valence-corrected chi connectivity index (χ4v) is 3.21. The zero-order chi connectivity index (χ0) is 16.4. The first-order valence-corrected chi connectivity index (χ1v) is 8.42. The van der Waals surface area contributed by atoms with Gasteiger partial charge in [-0.05, 0) is 59.0 Å². The summed E-state index contributed by atoms with van der Waals surface area (Å²) < 4.78 is 5.88. The van der Waals surface area contributed by atoms with E-state index in [1.54, 1.807) is 0 Å². The number of aryl methyl sites for hydroxylation is 2. The van der Waals surface area contributed by atoms with Gasteiger partial charge in [0.1, 0.15) is 0 Å². The van der Waals surface area contributed by atoms with E-state index in [1.807, 2.05) is 13.8 Å². The lowest BCUT2D eigenvalue weighted by Crippen LogP contribution is -1.90. The molecule has 0 aliphatic carbocycles. The normalized spacial score (nSPS) is 12.7. The van der Waals surface area contributed by atoms with Gasteiger partial charge in [-0.3, -0.25) is 0 Å². The maximum Gasteiger partial charge on any atom is 0.0727 e. The average Bonchev–Trinajstić information content (AvgIpc) is 2.73. The van der Waals surface area contributed by atoms with Gasteiger partial charge in [-0.2, -0.15) is 0 Å². The van der Waals surface area contributed by atoms with Crippen LogP contribution < -0.4 is 0 Å². The fraction of sp³-hybridized carbons (Fsp3) is 0.273. The van der Waals surface area contributed by atoms with Crippen molar-refractivity contribution in [3.63, 3.8) is 0 Å².